The Labute approximate surface area is 130 Å². The minimum Gasteiger partial charge on any atom is -0.423 e. The number of hydrogen-bond donors (Lipinski definition) is 0. The van der Waals surface area contributed by atoms with E-state index < -0.39 is 16.7 Å². The second-order valence-electron chi connectivity index (χ2n) is 5.37. The predicted octanol–water partition coefficient (Wildman–Crippen LogP) is 1.90. The number of non-ortho nitro benzene ring substituents is 1. The van der Waals surface area contributed by atoms with Crippen molar-refractivity contribution in [3.05, 3.63) is 51.2 Å². The van der Waals surface area contributed by atoms with Gasteiger partial charge in [-0.05, 0) is 6.07 Å². The summed E-state index contributed by atoms with van der Waals surface area (Å²) in [6.45, 7) is 3.58. The summed E-state index contributed by atoms with van der Waals surface area (Å²) < 4.78 is 5.39. The Morgan fingerprint density at radius 2 is 1.91 bits per heavy atom. The van der Waals surface area contributed by atoms with Crippen LogP contribution in [0, 0.1) is 10.1 Å². The van der Waals surface area contributed by atoms with Gasteiger partial charge in [0.15, 0.2) is 0 Å². The molecule has 1 aliphatic heterocycles. The van der Waals surface area contributed by atoms with Crippen molar-refractivity contribution in [2.45, 2.75) is 26.3 Å². The molecule has 0 radical (unpaired) electrons. The highest BCUT2D eigenvalue weighted by Crippen LogP contribution is 2.28. The summed E-state index contributed by atoms with van der Waals surface area (Å²) in [6, 6.07) is 3.57. The lowest BCUT2D eigenvalue weighted by Crippen LogP contribution is -2.29. The minimum absolute atomic E-state index is 0.00722. The van der Waals surface area contributed by atoms with Gasteiger partial charge in [-0.2, -0.15) is 0 Å². The number of amides is 2. The lowest BCUT2D eigenvalue weighted by atomic mass is 10.1. The molecule has 3 rings (SSSR count). The molecule has 0 aliphatic carbocycles. The first-order valence-electron chi connectivity index (χ1n) is 6.85. The van der Waals surface area contributed by atoms with Crippen LogP contribution < -0.4 is 0 Å². The molecule has 2 amide bonds. The van der Waals surface area contributed by atoms with Gasteiger partial charge in [0, 0.05) is 18.1 Å². The largest absolute Gasteiger partial charge is 0.423 e. The second kappa shape index (κ2) is 5.27. The Kier molecular flexibility index (Phi) is 3.40. The maximum absolute atomic E-state index is 12.3. The molecule has 1 aliphatic rings. The SMILES string of the molecule is CC(C)c1nnc(CN2C(=O)c3ccc([N+](=O)[O-])cc3C2=O)o1. The number of nitro groups is 1. The first kappa shape index (κ1) is 14.8. The predicted molar refractivity (Wildman–Crippen MR) is 75.7 cm³/mol. The molecule has 0 fully saturated rings. The molecule has 0 saturated carbocycles. The molecular formula is C14H12N4O5. The van der Waals surface area contributed by atoms with Crippen LogP contribution >= 0.6 is 0 Å². The van der Waals surface area contributed by atoms with Crippen molar-refractivity contribution >= 4 is 17.5 Å². The molecule has 118 valence electrons. The van der Waals surface area contributed by atoms with Gasteiger partial charge in [0.05, 0.1) is 16.1 Å². The summed E-state index contributed by atoms with van der Waals surface area (Å²) in [5.41, 5.74) is -0.108. The summed E-state index contributed by atoms with van der Waals surface area (Å²) >= 11 is 0. The lowest BCUT2D eigenvalue weighted by molar-refractivity contribution is -0.384. The molecule has 0 saturated heterocycles. The summed E-state index contributed by atoms with van der Waals surface area (Å²) in [6.07, 6.45) is 0. The molecule has 23 heavy (non-hydrogen) atoms. The average Bonchev–Trinajstić information content (AvgIpc) is 3.07. The van der Waals surface area contributed by atoms with Crippen LogP contribution in [0.25, 0.3) is 0 Å². The van der Waals surface area contributed by atoms with Crippen molar-refractivity contribution in [3.8, 4) is 0 Å². The van der Waals surface area contributed by atoms with Crippen LogP contribution in [-0.2, 0) is 6.54 Å². The second-order valence-corrected chi connectivity index (χ2v) is 5.37. The molecule has 0 bridgehead atoms. The van der Waals surface area contributed by atoms with E-state index in [1.54, 1.807) is 0 Å². The fraction of sp³-hybridized carbons (Fsp3) is 0.286. The van der Waals surface area contributed by atoms with E-state index in [9.17, 15) is 19.7 Å². The van der Waals surface area contributed by atoms with Crippen LogP contribution in [0.15, 0.2) is 22.6 Å². The Morgan fingerprint density at radius 1 is 1.22 bits per heavy atom. The van der Waals surface area contributed by atoms with Gasteiger partial charge in [0.1, 0.15) is 6.54 Å². The van der Waals surface area contributed by atoms with Crippen molar-refractivity contribution in [2.24, 2.45) is 0 Å². The molecule has 0 unspecified atom stereocenters. The summed E-state index contributed by atoms with van der Waals surface area (Å²) in [5, 5.41) is 18.4. The topological polar surface area (TPSA) is 119 Å². The van der Waals surface area contributed by atoms with Gasteiger partial charge in [-0.15, -0.1) is 10.2 Å². The standard InChI is InChI=1S/C14H12N4O5/c1-7(2)12-16-15-11(23-12)6-17-13(19)9-4-3-8(18(21)22)5-10(9)14(17)20/h3-5,7H,6H2,1-2H3. The zero-order chi connectivity index (χ0) is 16.7. The monoisotopic (exact) mass is 316 g/mol. The van der Waals surface area contributed by atoms with Gasteiger partial charge in [-0.25, -0.2) is 0 Å². The summed E-state index contributed by atoms with van der Waals surface area (Å²) in [4.78, 5) is 35.7. The third-order valence-corrected chi connectivity index (χ3v) is 3.43. The molecule has 9 heteroatoms. The van der Waals surface area contributed by atoms with Crippen molar-refractivity contribution < 1.29 is 18.9 Å². The molecule has 0 N–H and O–H groups in total. The van der Waals surface area contributed by atoms with E-state index in [2.05, 4.69) is 10.2 Å². The van der Waals surface area contributed by atoms with E-state index in [-0.39, 0.29) is 35.2 Å². The van der Waals surface area contributed by atoms with Crippen LogP contribution in [0.4, 0.5) is 5.69 Å². The van der Waals surface area contributed by atoms with Crippen molar-refractivity contribution in [1.82, 2.24) is 15.1 Å². The molecule has 2 heterocycles. The van der Waals surface area contributed by atoms with E-state index in [4.69, 9.17) is 4.42 Å². The smallest absolute Gasteiger partial charge is 0.270 e. The first-order valence-corrected chi connectivity index (χ1v) is 6.85. The molecular weight excluding hydrogens is 304 g/mol. The fourth-order valence-electron chi connectivity index (χ4n) is 2.23. The van der Waals surface area contributed by atoms with E-state index in [1.165, 1.54) is 12.1 Å². The van der Waals surface area contributed by atoms with E-state index in [1.807, 2.05) is 13.8 Å². The van der Waals surface area contributed by atoms with E-state index in [0.717, 1.165) is 11.0 Å². The van der Waals surface area contributed by atoms with Crippen molar-refractivity contribution in [3.63, 3.8) is 0 Å². The summed E-state index contributed by atoms with van der Waals surface area (Å²) in [5.74, 6) is -0.576. The van der Waals surface area contributed by atoms with Crippen LogP contribution in [0.2, 0.25) is 0 Å². The number of nitrogens with zero attached hydrogens (tertiary/aromatic N) is 4. The molecule has 0 spiro atoms. The fourth-order valence-corrected chi connectivity index (χ4v) is 2.23. The molecule has 0 atom stereocenters. The number of carbonyl (C=O) groups excluding carboxylic acids is 2. The Bertz CT molecular complexity index is 826. The average molecular weight is 316 g/mol. The lowest BCUT2D eigenvalue weighted by Gasteiger charge is -2.10. The van der Waals surface area contributed by atoms with Gasteiger partial charge >= 0.3 is 0 Å². The maximum Gasteiger partial charge on any atom is 0.270 e. The number of rotatable bonds is 4. The zero-order valence-corrected chi connectivity index (χ0v) is 12.3. The Hall–Kier alpha value is -3.10. The number of imide groups is 1. The Morgan fingerprint density at radius 3 is 2.52 bits per heavy atom. The Balaban J connectivity index is 1.89. The molecule has 1 aromatic heterocycles. The third kappa shape index (κ3) is 2.45. The third-order valence-electron chi connectivity index (χ3n) is 3.43. The first-order chi connectivity index (χ1) is 10.9. The van der Waals surface area contributed by atoms with E-state index in [0.29, 0.717) is 5.89 Å². The maximum atomic E-state index is 12.3. The van der Waals surface area contributed by atoms with Gasteiger partial charge in [0.25, 0.3) is 17.5 Å². The van der Waals surface area contributed by atoms with Crippen LogP contribution in [-0.4, -0.2) is 31.8 Å². The normalized spacial score (nSPS) is 13.8. The van der Waals surface area contributed by atoms with Crippen LogP contribution in [0.3, 0.4) is 0 Å². The van der Waals surface area contributed by atoms with Crippen molar-refractivity contribution in [1.29, 1.82) is 0 Å². The van der Waals surface area contributed by atoms with Crippen LogP contribution in [0.1, 0.15) is 52.3 Å². The van der Waals surface area contributed by atoms with Crippen molar-refractivity contribution in [2.75, 3.05) is 0 Å². The van der Waals surface area contributed by atoms with Gasteiger partial charge < -0.3 is 4.42 Å². The number of aromatic nitrogens is 2. The quantitative estimate of drug-likeness (QED) is 0.480. The molecule has 1 aromatic carbocycles. The number of benzene rings is 1. The number of nitro benzene ring substituents is 1. The van der Waals surface area contributed by atoms with E-state index >= 15 is 0 Å². The zero-order valence-electron chi connectivity index (χ0n) is 12.3. The van der Waals surface area contributed by atoms with Gasteiger partial charge in [-0.1, -0.05) is 13.8 Å². The van der Waals surface area contributed by atoms with Crippen LogP contribution in [0.5, 0.6) is 0 Å². The highest BCUT2D eigenvalue weighted by molar-refractivity contribution is 6.21. The number of fused-ring (bicyclic) bond motifs is 1. The molecule has 9 nitrogen and oxygen atoms in total. The highest BCUT2D eigenvalue weighted by Gasteiger charge is 2.37. The highest BCUT2D eigenvalue weighted by atomic mass is 16.6. The molecule has 2 aromatic rings. The summed E-state index contributed by atoms with van der Waals surface area (Å²) in [7, 11) is 0. The number of carbonyl (C=O) groups is 2. The van der Waals surface area contributed by atoms with Gasteiger partial charge in [-0.3, -0.25) is 24.6 Å². The minimum atomic E-state index is -0.617. The van der Waals surface area contributed by atoms with Gasteiger partial charge in [0.2, 0.25) is 11.8 Å². The number of hydrogen-bond acceptors (Lipinski definition) is 7.